The van der Waals surface area contributed by atoms with Crippen molar-refractivity contribution in [2.45, 2.75) is 32.7 Å². The topological polar surface area (TPSA) is 106 Å². The lowest BCUT2D eigenvalue weighted by molar-refractivity contribution is -0.122. The number of carbonyl (C=O) groups excluding carboxylic acids is 2. The van der Waals surface area contributed by atoms with Crippen LogP contribution in [0.25, 0.3) is 11.3 Å². The number of nitrogens with zero attached hydrogens (tertiary/aromatic N) is 6. The smallest absolute Gasteiger partial charge is 0.228 e. The van der Waals surface area contributed by atoms with Crippen LogP contribution in [0, 0.1) is 6.92 Å². The molecule has 1 aliphatic rings. The number of carbonyl (C=O) groups is 2. The van der Waals surface area contributed by atoms with Crippen LogP contribution in [0.5, 0.6) is 0 Å². The molecule has 1 N–H and O–H groups in total. The molecule has 0 saturated carbocycles. The van der Waals surface area contributed by atoms with E-state index in [1.807, 2.05) is 17.7 Å². The molecular formula is C20H21N7O2. The highest BCUT2D eigenvalue weighted by atomic mass is 16.2. The predicted molar refractivity (Wildman–Crippen MR) is 107 cm³/mol. The molecule has 0 radical (unpaired) electrons. The van der Waals surface area contributed by atoms with Crippen LogP contribution in [0.15, 0.2) is 43.1 Å². The summed E-state index contributed by atoms with van der Waals surface area (Å²) in [5.41, 5.74) is 2.98. The van der Waals surface area contributed by atoms with Crippen LogP contribution in [0.4, 0.5) is 11.5 Å². The highest BCUT2D eigenvalue weighted by Gasteiger charge is 2.24. The van der Waals surface area contributed by atoms with Crippen LogP contribution < -0.4 is 10.2 Å². The van der Waals surface area contributed by atoms with Crippen molar-refractivity contribution in [2.75, 3.05) is 16.8 Å². The number of hydrogen-bond acceptors (Lipinski definition) is 6. The van der Waals surface area contributed by atoms with Crippen LogP contribution in [-0.4, -0.2) is 43.1 Å². The molecule has 0 aromatic carbocycles. The Kier molecular flexibility index (Phi) is 5.28. The molecule has 0 saturated heterocycles. The van der Waals surface area contributed by atoms with Crippen LogP contribution in [0.2, 0.25) is 0 Å². The second-order valence-electron chi connectivity index (χ2n) is 6.87. The zero-order chi connectivity index (χ0) is 20.2. The van der Waals surface area contributed by atoms with E-state index in [-0.39, 0.29) is 24.7 Å². The number of fused-ring (bicyclic) bond motifs is 1. The number of aromatic nitrogens is 5. The number of aryl methyl sites for hydroxylation is 2. The maximum atomic E-state index is 12.6. The first-order valence-corrected chi connectivity index (χ1v) is 9.46. The molecule has 4 heterocycles. The van der Waals surface area contributed by atoms with Crippen molar-refractivity contribution in [3.05, 3.63) is 48.8 Å². The molecule has 9 nitrogen and oxygen atoms in total. The third-order valence-corrected chi connectivity index (χ3v) is 4.68. The van der Waals surface area contributed by atoms with Gasteiger partial charge in [0.25, 0.3) is 0 Å². The molecule has 0 atom stereocenters. The van der Waals surface area contributed by atoms with Gasteiger partial charge in [-0.1, -0.05) is 0 Å². The molecule has 0 aliphatic carbocycles. The Balaban J connectivity index is 1.32. The van der Waals surface area contributed by atoms with E-state index in [1.165, 1.54) is 6.33 Å². The van der Waals surface area contributed by atoms with Gasteiger partial charge in [-0.25, -0.2) is 14.6 Å². The largest absolute Gasteiger partial charge is 0.325 e. The maximum Gasteiger partial charge on any atom is 0.228 e. The number of amides is 2. The lowest BCUT2D eigenvalue weighted by atomic mass is 10.2. The Morgan fingerprint density at radius 2 is 1.93 bits per heavy atom. The number of pyridine rings is 1. The fourth-order valence-corrected chi connectivity index (χ4v) is 3.31. The van der Waals surface area contributed by atoms with Gasteiger partial charge in [-0.3, -0.25) is 19.5 Å². The molecule has 0 fully saturated rings. The molecule has 3 aromatic rings. The summed E-state index contributed by atoms with van der Waals surface area (Å²) in [6, 6.07) is 5.46. The first kappa shape index (κ1) is 18.7. The summed E-state index contributed by atoms with van der Waals surface area (Å²) in [6.07, 6.45) is 7.49. The molecule has 0 unspecified atom stereocenters. The van der Waals surface area contributed by atoms with Crippen molar-refractivity contribution in [3.63, 3.8) is 0 Å². The van der Waals surface area contributed by atoms with Crippen LogP contribution in [0.3, 0.4) is 0 Å². The number of hydrogen-bond donors (Lipinski definition) is 1. The van der Waals surface area contributed by atoms with Gasteiger partial charge in [0.1, 0.15) is 12.1 Å². The normalized spacial score (nSPS) is 13.1. The third kappa shape index (κ3) is 4.29. The SMILES string of the molecule is Cc1cc2n(n1)CCCN2C(=O)CCC(=O)Nc1ccc(-c2cncnc2)nc1. The van der Waals surface area contributed by atoms with Gasteiger partial charge >= 0.3 is 0 Å². The van der Waals surface area contributed by atoms with Crippen LogP contribution in [0.1, 0.15) is 25.0 Å². The fraction of sp³-hybridized carbons (Fsp3) is 0.300. The van der Waals surface area contributed by atoms with Crippen LogP contribution >= 0.6 is 0 Å². The van der Waals surface area contributed by atoms with Crippen molar-refractivity contribution >= 4 is 23.3 Å². The van der Waals surface area contributed by atoms with Gasteiger partial charge in [0.2, 0.25) is 11.8 Å². The molecule has 4 rings (SSSR count). The number of anilines is 2. The van der Waals surface area contributed by atoms with Gasteiger partial charge in [-0.15, -0.1) is 0 Å². The third-order valence-electron chi connectivity index (χ3n) is 4.68. The zero-order valence-electron chi connectivity index (χ0n) is 16.1. The van der Waals surface area contributed by atoms with E-state index in [0.29, 0.717) is 12.2 Å². The quantitative estimate of drug-likeness (QED) is 0.715. The Morgan fingerprint density at radius 1 is 1.10 bits per heavy atom. The highest BCUT2D eigenvalue weighted by molar-refractivity contribution is 5.97. The van der Waals surface area contributed by atoms with E-state index in [0.717, 1.165) is 35.7 Å². The van der Waals surface area contributed by atoms with E-state index in [2.05, 4.69) is 25.4 Å². The molecule has 0 spiro atoms. The van der Waals surface area contributed by atoms with Crippen molar-refractivity contribution < 1.29 is 9.59 Å². The van der Waals surface area contributed by atoms with Crippen molar-refractivity contribution in [2.24, 2.45) is 0 Å². The summed E-state index contributed by atoms with van der Waals surface area (Å²) in [6.45, 7) is 3.37. The second kappa shape index (κ2) is 8.17. The monoisotopic (exact) mass is 391 g/mol. The maximum absolute atomic E-state index is 12.6. The molecule has 9 heteroatoms. The lowest BCUT2D eigenvalue weighted by Crippen LogP contribution is -2.37. The summed E-state index contributed by atoms with van der Waals surface area (Å²) >= 11 is 0. The van der Waals surface area contributed by atoms with Crippen molar-refractivity contribution in [1.29, 1.82) is 0 Å². The molecule has 29 heavy (non-hydrogen) atoms. The summed E-state index contributed by atoms with van der Waals surface area (Å²) in [4.78, 5) is 38.8. The molecule has 3 aromatic heterocycles. The Bertz CT molecular complexity index is 1020. The first-order chi connectivity index (χ1) is 14.1. The highest BCUT2D eigenvalue weighted by Crippen LogP contribution is 2.23. The van der Waals surface area contributed by atoms with Crippen molar-refractivity contribution in [1.82, 2.24) is 24.7 Å². The molecule has 0 bridgehead atoms. The summed E-state index contributed by atoms with van der Waals surface area (Å²) in [5.74, 6) is 0.514. The van der Waals surface area contributed by atoms with E-state index < -0.39 is 0 Å². The fourth-order valence-electron chi connectivity index (χ4n) is 3.31. The summed E-state index contributed by atoms with van der Waals surface area (Å²) < 4.78 is 1.85. The molecular weight excluding hydrogens is 370 g/mol. The Morgan fingerprint density at radius 3 is 2.69 bits per heavy atom. The second-order valence-corrected chi connectivity index (χ2v) is 6.87. The van der Waals surface area contributed by atoms with Crippen LogP contribution in [-0.2, 0) is 16.1 Å². The standard InChI is InChI=1S/C20H21N7O2/c1-14-9-19-26(7-2-8-27(19)25-14)20(29)6-5-18(28)24-16-3-4-17(23-12-16)15-10-21-13-22-11-15/h3-4,9-13H,2,5-8H2,1H3,(H,24,28). The molecule has 2 amide bonds. The van der Waals surface area contributed by atoms with Gasteiger partial charge < -0.3 is 5.32 Å². The molecule has 1 aliphatic heterocycles. The average Bonchev–Trinajstić information content (AvgIpc) is 3.13. The summed E-state index contributed by atoms with van der Waals surface area (Å²) in [7, 11) is 0. The van der Waals surface area contributed by atoms with Gasteiger partial charge in [-0.2, -0.15) is 5.10 Å². The van der Waals surface area contributed by atoms with E-state index in [9.17, 15) is 9.59 Å². The van der Waals surface area contributed by atoms with Crippen molar-refractivity contribution in [3.8, 4) is 11.3 Å². The molecule has 148 valence electrons. The minimum absolute atomic E-state index is 0.0708. The number of rotatable bonds is 5. The minimum Gasteiger partial charge on any atom is -0.325 e. The van der Waals surface area contributed by atoms with Gasteiger partial charge in [0.15, 0.2) is 0 Å². The van der Waals surface area contributed by atoms with Gasteiger partial charge in [0.05, 0.1) is 23.3 Å². The number of nitrogens with one attached hydrogen (secondary N) is 1. The zero-order valence-corrected chi connectivity index (χ0v) is 16.1. The van der Waals surface area contributed by atoms with E-state index in [4.69, 9.17) is 0 Å². The van der Waals surface area contributed by atoms with Gasteiger partial charge in [0, 0.05) is 50.0 Å². The van der Waals surface area contributed by atoms with E-state index in [1.54, 1.807) is 35.6 Å². The predicted octanol–water partition coefficient (Wildman–Crippen LogP) is 2.20. The average molecular weight is 391 g/mol. The minimum atomic E-state index is -0.224. The first-order valence-electron chi connectivity index (χ1n) is 9.46. The summed E-state index contributed by atoms with van der Waals surface area (Å²) in [5, 5.41) is 7.17. The Labute approximate surface area is 167 Å². The Hall–Kier alpha value is -3.62. The lowest BCUT2D eigenvalue weighted by Gasteiger charge is -2.27. The van der Waals surface area contributed by atoms with Gasteiger partial charge in [-0.05, 0) is 25.5 Å². The van der Waals surface area contributed by atoms with E-state index >= 15 is 0 Å².